The largest absolute Gasteiger partial charge is 0.480 e. The van der Waals surface area contributed by atoms with Gasteiger partial charge < -0.3 is 14.7 Å². The van der Waals surface area contributed by atoms with Crippen LogP contribution in [-0.4, -0.2) is 99.5 Å². The Kier molecular flexibility index (Phi) is 11.7. The zero-order chi connectivity index (χ0) is 26.7. The van der Waals surface area contributed by atoms with Crippen molar-refractivity contribution in [2.75, 3.05) is 26.8 Å². The average Bonchev–Trinajstić information content (AvgIpc) is 3.14. The Bertz CT molecular complexity index is 884. The fourth-order valence-electron chi connectivity index (χ4n) is 3.78. The topological polar surface area (TPSA) is 169 Å². The summed E-state index contributed by atoms with van der Waals surface area (Å²) in [4.78, 5) is 56.6. The van der Waals surface area contributed by atoms with Crippen LogP contribution in [0.1, 0.15) is 38.2 Å². The number of carbonyl (C=O) groups is 4. The summed E-state index contributed by atoms with van der Waals surface area (Å²) < 4.78 is 5.24. The third kappa shape index (κ3) is 8.84. The number of imide groups is 1. The number of hydrogen-bond acceptors (Lipinski definition) is 10. The highest BCUT2D eigenvalue weighted by atomic mass is 17.1. The van der Waals surface area contributed by atoms with E-state index in [1.807, 2.05) is 30.3 Å². The first-order chi connectivity index (χ1) is 17.1. The number of carbonyl (C=O) groups excluding carboxylic acids is 3. The summed E-state index contributed by atoms with van der Waals surface area (Å²) in [5.41, 5.74) is 0.958. The summed E-state index contributed by atoms with van der Waals surface area (Å²) in [7, 11) is 1.46. The van der Waals surface area contributed by atoms with E-state index in [1.54, 1.807) is 0 Å². The van der Waals surface area contributed by atoms with Gasteiger partial charge in [0.05, 0.1) is 31.2 Å². The number of carboxylic acids is 1. The Labute approximate surface area is 209 Å². The molecule has 1 aliphatic rings. The summed E-state index contributed by atoms with van der Waals surface area (Å²) >= 11 is 0. The van der Waals surface area contributed by atoms with E-state index in [2.05, 4.69) is 10.2 Å². The SMILES string of the molecule is CC(NC(CCc1ccccc1)C(=O)O)C(=O)N1C(=O)N(C)CC1C(=O)OCCCCCON(O)O. The van der Waals surface area contributed by atoms with Crippen molar-refractivity contribution >= 4 is 23.9 Å². The molecule has 36 heavy (non-hydrogen) atoms. The Balaban J connectivity index is 1.91. The van der Waals surface area contributed by atoms with Crippen LogP contribution < -0.4 is 5.32 Å². The highest BCUT2D eigenvalue weighted by Gasteiger charge is 2.46. The number of hydrogen-bond donors (Lipinski definition) is 4. The maximum atomic E-state index is 13.1. The van der Waals surface area contributed by atoms with Crippen LogP contribution in [0.25, 0.3) is 0 Å². The Morgan fingerprint density at radius 3 is 2.44 bits per heavy atom. The van der Waals surface area contributed by atoms with Crippen molar-refractivity contribution in [2.24, 2.45) is 0 Å². The normalized spacial score (nSPS) is 17.4. The van der Waals surface area contributed by atoms with Crippen molar-refractivity contribution in [1.29, 1.82) is 0 Å². The number of ether oxygens (including phenoxy) is 1. The lowest BCUT2D eigenvalue weighted by Gasteiger charge is -2.26. The number of urea groups is 1. The van der Waals surface area contributed by atoms with Crippen LogP contribution in [0.2, 0.25) is 0 Å². The van der Waals surface area contributed by atoms with E-state index in [-0.39, 0.29) is 31.6 Å². The fraction of sp³-hybridized carbons (Fsp3) is 0.565. The molecule has 0 bridgehead atoms. The molecule has 3 amide bonds. The summed E-state index contributed by atoms with van der Waals surface area (Å²) in [5.74, 6) is -2.57. The van der Waals surface area contributed by atoms with Crippen molar-refractivity contribution in [2.45, 2.75) is 57.2 Å². The second-order valence-electron chi connectivity index (χ2n) is 8.50. The van der Waals surface area contributed by atoms with Crippen LogP contribution in [0, 0.1) is 0 Å². The quantitative estimate of drug-likeness (QED) is 0.151. The minimum atomic E-state index is -1.15. The van der Waals surface area contributed by atoms with Gasteiger partial charge >= 0.3 is 18.0 Å². The highest BCUT2D eigenvalue weighted by Crippen LogP contribution is 2.18. The van der Waals surface area contributed by atoms with Crippen molar-refractivity contribution in [1.82, 2.24) is 20.5 Å². The zero-order valence-electron chi connectivity index (χ0n) is 20.4. The van der Waals surface area contributed by atoms with Gasteiger partial charge in [0.1, 0.15) is 6.04 Å². The van der Waals surface area contributed by atoms with Crippen LogP contribution in [0.3, 0.4) is 0 Å². The molecule has 3 atom stereocenters. The summed E-state index contributed by atoms with van der Waals surface area (Å²) in [6, 6.07) is 5.46. The van der Waals surface area contributed by atoms with Gasteiger partial charge in [0, 0.05) is 7.05 Å². The van der Waals surface area contributed by atoms with E-state index in [4.69, 9.17) is 15.2 Å². The molecule has 200 valence electrons. The van der Waals surface area contributed by atoms with Crippen LogP contribution in [0.4, 0.5) is 4.79 Å². The molecule has 2 rings (SSSR count). The Hall–Kier alpha value is -3.10. The van der Waals surface area contributed by atoms with Gasteiger partial charge in [-0.25, -0.2) is 14.5 Å². The number of nitrogens with one attached hydrogen (secondary N) is 1. The van der Waals surface area contributed by atoms with Crippen LogP contribution in [0.5, 0.6) is 0 Å². The molecule has 1 aliphatic heterocycles. The summed E-state index contributed by atoms with van der Waals surface area (Å²) in [6.45, 7) is 1.53. The van der Waals surface area contributed by atoms with Crippen molar-refractivity contribution in [3.8, 4) is 0 Å². The summed E-state index contributed by atoms with van der Waals surface area (Å²) in [6.07, 6.45) is 2.25. The van der Waals surface area contributed by atoms with Gasteiger partial charge in [-0.2, -0.15) is 0 Å². The van der Waals surface area contributed by atoms with E-state index in [9.17, 15) is 24.3 Å². The first kappa shape index (κ1) is 29.1. The standard InChI is InChI=1S/C23H34N4O9/c1-16(24-18(21(29)30)12-11-17-9-5-3-6-10-17)20(28)26-19(15-25(2)23(26)32)22(31)35-13-7-4-8-14-36-27(33)34/h3,5-6,9-10,16,18-19,24,33-34H,4,7-8,11-15H2,1-2H3,(H,29,30). The number of likely N-dealkylation sites (N-methyl/N-ethyl adjacent to an activating group) is 1. The van der Waals surface area contributed by atoms with Crippen LogP contribution in [-0.2, 0) is 30.4 Å². The first-order valence-corrected chi connectivity index (χ1v) is 11.7. The molecule has 1 heterocycles. The molecule has 1 saturated heterocycles. The number of amides is 3. The van der Waals surface area contributed by atoms with Crippen LogP contribution >= 0.6 is 0 Å². The van der Waals surface area contributed by atoms with Crippen molar-refractivity contribution in [3.63, 3.8) is 0 Å². The van der Waals surface area contributed by atoms with Gasteiger partial charge in [-0.3, -0.25) is 30.2 Å². The van der Waals surface area contributed by atoms with Gasteiger partial charge in [-0.15, -0.1) is 0 Å². The van der Waals surface area contributed by atoms with Gasteiger partial charge in [0.2, 0.25) is 5.91 Å². The molecular weight excluding hydrogens is 476 g/mol. The van der Waals surface area contributed by atoms with E-state index >= 15 is 0 Å². The Morgan fingerprint density at radius 1 is 1.14 bits per heavy atom. The third-order valence-corrected chi connectivity index (χ3v) is 5.72. The molecule has 0 radical (unpaired) electrons. The molecular formula is C23H34N4O9. The molecule has 3 unspecified atom stereocenters. The lowest BCUT2D eigenvalue weighted by atomic mass is 10.0. The molecule has 0 spiro atoms. The zero-order valence-corrected chi connectivity index (χ0v) is 20.4. The molecule has 1 aromatic carbocycles. The number of benzene rings is 1. The molecule has 4 N–H and O–H groups in total. The van der Waals surface area contributed by atoms with Gasteiger partial charge in [-0.05, 0) is 44.6 Å². The number of aliphatic carboxylic acids is 1. The number of nitrogens with zero attached hydrogens (tertiary/aromatic N) is 3. The molecule has 13 nitrogen and oxygen atoms in total. The van der Waals surface area contributed by atoms with Gasteiger partial charge in [0.15, 0.2) is 6.04 Å². The molecule has 13 heteroatoms. The van der Waals surface area contributed by atoms with E-state index < -0.39 is 42.0 Å². The molecule has 0 aromatic heterocycles. The number of aryl methyl sites for hydroxylation is 1. The molecule has 1 aromatic rings. The lowest BCUT2D eigenvalue weighted by Crippen LogP contribution is -2.54. The van der Waals surface area contributed by atoms with Crippen molar-refractivity contribution in [3.05, 3.63) is 35.9 Å². The average molecular weight is 511 g/mol. The van der Waals surface area contributed by atoms with Crippen molar-refractivity contribution < 1.29 is 44.3 Å². The lowest BCUT2D eigenvalue weighted by molar-refractivity contribution is -0.492. The molecule has 0 saturated carbocycles. The minimum Gasteiger partial charge on any atom is -0.480 e. The predicted molar refractivity (Wildman–Crippen MR) is 124 cm³/mol. The Morgan fingerprint density at radius 2 is 1.81 bits per heavy atom. The number of unbranched alkanes of at least 4 members (excludes halogenated alkanes) is 2. The smallest absolute Gasteiger partial charge is 0.331 e. The fourth-order valence-corrected chi connectivity index (χ4v) is 3.78. The molecule has 0 aliphatic carbocycles. The van der Waals surface area contributed by atoms with E-state index in [0.717, 1.165) is 10.5 Å². The predicted octanol–water partition coefficient (Wildman–Crippen LogP) is 1.04. The van der Waals surface area contributed by atoms with E-state index in [1.165, 1.54) is 18.9 Å². The molecule has 1 fully saturated rings. The summed E-state index contributed by atoms with van der Waals surface area (Å²) in [5, 5.41) is 28.9. The third-order valence-electron chi connectivity index (χ3n) is 5.72. The number of rotatable bonds is 15. The minimum absolute atomic E-state index is 0.0385. The van der Waals surface area contributed by atoms with Gasteiger partial charge in [0.25, 0.3) is 0 Å². The number of esters is 1. The first-order valence-electron chi connectivity index (χ1n) is 11.7. The second kappa shape index (κ2) is 14.5. The van der Waals surface area contributed by atoms with Crippen LogP contribution in [0.15, 0.2) is 30.3 Å². The number of carboxylic acid groups (broad SMARTS) is 1. The maximum absolute atomic E-state index is 13.1. The highest BCUT2D eigenvalue weighted by molar-refractivity contribution is 6.03. The maximum Gasteiger partial charge on any atom is 0.331 e. The van der Waals surface area contributed by atoms with Gasteiger partial charge in [-0.1, -0.05) is 30.3 Å². The monoisotopic (exact) mass is 510 g/mol. The van der Waals surface area contributed by atoms with E-state index in [0.29, 0.717) is 25.7 Å². The second-order valence-corrected chi connectivity index (χ2v) is 8.50.